The molecule has 0 bridgehead atoms. The second-order valence-corrected chi connectivity index (χ2v) is 5.73. The average molecular weight is 286 g/mol. The number of carbonyl (C=O) groups excluding carboxylic acids is 2. The van der Waals surface area contributed by atoms with Crippen molar-refractivity contribution in [2.75, 3.05) is 20.2 Å². The first-order valence-electron chi connectivity index (χ1n) is 6.62. The van der Waals surface area contributed by atoms with Gasteiger partial charge in [-0.25, -0.2) is 4.79 Å². The quantitative estimate of drug-likeness (QED) is 0.780. The van der Waals surface area contributed by atoms with Gasteiger partial charge in [-0.3, -0.25) is 14.9 Å². The first-order valence-corrected chi connectivity index (χ1v) is 6.62. The molecule has 0 radical (unpaired) electrons. The summed E-state index contributed by atoms with van der Waals surface area (Å²) in [7, 11) is 1.58. The molecule has 20 heavy (non-hydrogen) atoms. The molecule has 1 unspecified atom stereocenters. The number of amides is 3. The number of imide groups is 1. The maximum atomic E-state index is 11.8. The maximum Gasteiger partial charge on any atom is 0.323 e. The molecule has 1 saturated heterocycles. The van der Waals surface area contributed by atoms with E-state index in [0.29, 0.717) is 13.2 Å². The molecule has 0 aromatic rings. The Bertz CT molecular complexity index is 388. The lowest BCUT2D eigenvalue weighted by Crippen LogP contribution is -2.45. The van der Waals surface area contributed by atoms with Crippen molar-refractivity contribution in [1.29, 1.82) is 0 Å². The summed E-state index contributed by atoms with van der Waals surface area (Å²) >= 11 is 0. The van der Waals surface area contributed by atoms with E-state index in [1.54, 1.807) is 7.05 Å². The van der Waals surface area contributed by atoms with Crippen LogP contribution in [-0.4, -0.2) is 54.2 Å². The highest BCUT2D eigenvalue weighted by Crippen LogP contribution is 2.20. The Balaban J connectivity index is 2.40. The molecule has 0 aromatic heterocycles. The van der Waals surface area contributed by atoms with Gasteiger partial charge in [0.15, 0.2) is 0 Å². The lowest BCUT2D eigenvalue weighted by atomic mass is 9.89. The fourth-order valence-corrected chi connectivity index (χ4v) is 1.91. The van der Waals surface area contributed by atoms with Gasteiger partial charge in [-0.05, 0) is 26.7 Å². The predicted molar refractivity (Wildman–Crippen MR) is 71.2 cm³/mol. The van der Waals surface area contributed by atoms with E-state index in [1.807, 2.05) is 0 Å². The van der Waals surface area contributed by atoms with E-state index in [0.717, 1.165) is 12.8 Å². The molecule has 2 N–H and O–H groups in total. The molecular formula is C13H22N2O5. The number of likely N-dealkylation sites (N-methyl/N-ethyl adjacent to an activating group) is 1. The third-order valence-corrected chi connectivity index (χ3v) is 3.28. The lowest BCUT2D eigenvalue weighted by Gasteiger charge is -2.22. The molecule has 0 saturated carbocycles. The van der Waals surface area contributed by atoms with Gasteiger partial charge >= 0.3 is 12.0 Å². The van der Waals surface area contributed by atoms with Crippen molar-refractivity contribution < 1.29 is 24.2 Å². The normalized spacial score (nSPS) is 18.6. The van der Waals surface area contributed by atoms with Crippen molar-refractivity contribution in [1.82, 2.24) is 10.2 Å². The summed E-state index contributed by atoms with van der Waals surface area (Å²) in [6.45, 7) is 4.00. The molecule has 0 aromatic carbocycles. The van der Waals surface area contributed by atoms with Crippen LogP contribution in [0.4, 0.5) is 4.79 Å². The molecule has 1 atom stereocenters. The second-order valence-electron chi connectivity index (χ2n) is 5.73. The average Bonchev–Trinajstić information content (AvgIpc) is 2.80. The highest BCUT2D eigenvalue weighted by molar-refractivity contribution is 5.96. The Hall–Kier alpha value is -1.63. The van der Waals surface area contributed by atoms with Gasteiger partial charge in [0, 0.05) is 26.6 Å². The van der Waals surface area contributed by atoms with E-state index >= 15 is 0 Å². The van der Waals surface area contributed by atoms with Gasteiger partial charge < -0.3 is 14.7 Å². The predicted octanol–water partition coefficient (Wildman–Crippen LogP) is 0.834. The molecular weight excluding hydrogens is 264 g/mol. The number of nitrogens with zero attached hydrogens (tertiary/aromatic N) is 1. The molecule has 114 valence electrons. The number of ether oxygens (including phenoxy) is 1. The Morgan fingerprint density at radius 2 is 2.05 bits per heavy atom. The van der Waals surface area contributed by atoms with E-state index in [2.05, 4.69) is 5.32 Å². The number of nitrogens with one attached hydrogen (secondary N) is 1. The zero-order valence-corrected chi connectivity index (χ0v) is 12.1. The van der Waals surface area contributed by atoms with E-state index in [9.17, 15) is 14.4 Å². The van der Waals surface area contributed by atoms with E-state index in [1.165, 1.54) is 18.7 Å². The van der Waals surface area contributed by atoms with Crippen LogP contribution < -0.4 is 5.32 Å². The molecule has 1 heterocycles. The monoisotopic (exact) mass is 286 g/mol. The minimum atomic E-state index is -1.20. The molecule has 1 fully saturated rings. The van der Waals surface area contributed by atoms with Crippen LogP contribution >= 0.6 is 0 Å². The Labute approximate surface area is 118 Å². The summed E-state index contributed by atoms with van der Waals surface area (Å²) in [5.74, 6) is -1.67. The van der Waals surface area contributed by atoms with Crippen LogP contribution in [0.2, 0.25) is 0 Å². The number of rotatable bonds is 5. The molecule has 3 amide bonds. The fraction of sp³-hybridized carbons (Fsp3) is 0.769. The van der Waals surface area contributed by atoms with Gasteiger partial charge in [-0.1, -0.05) is 0 Å². The lowest BCUT2D eigenvalue weighted by molar-refractivity contribution is -0.149. The molecule has 0 aliphatic carbocycles. The minimum Gasteiger partial charge on any atom is -0.481 e. The van der Waals surface area contributed by atoms with Gasteiger partial charge in [0.1, 0.15) is 0 Å². The first-order chi connectivity index (χ1) is 9.22. The van der Waals surface area contributed by atoms with Crippen LogP contribution in [0.3, 0.4) is 0 Å². The maximum absolute atomic E-state index is 11.8. The van der Waals surface area contributed by atoms with E-state index in [-0.39, 0.29) is 12.5 Å². The Morgan fingerprint density at radius 3 is 2.55 bits per heavy atom. The highest BCUT2D eigenvalue weighted by Gasteiger charge is 2.31. The number of aliphatic carboxylic acids is 1. The van der Waals surface area contributed by atoms with E-state index < -0.39 is 23.3 Å². The third kappa shape index (κ3) is 4.80. The van der Waals surface area contributed by atoms with E-state index in [4.69, 9.17) is 9.84 Å². The summed E-state index contributed by atoms with van der Waals surface area (Å²) in [5.41, 5.74) is -1.20. The van der Waals surface area contributed by atoms with Crippen LogP contribution in [0.15, 0.2) is 0 Å². The summed E-state index contributed by atoms with van der Waals surface area (Å²) in [4.78, 5) is 35.7. The topological polar surface area (TPSA) is 95.9 Å². The summed E-state index contributed by atoms with van der Waals surface area (Å²) < 4.78 is 5.41. The highest BCUT2D eigenvalue weighted by atomic mass is 16.5. The number of urea groups is 1. The van der Waals surface area contributed by atoms with Crippen molar-refractivity contribution >= 4 is 17.9 Å². The minimum absolute atomic E-state index is 0.0105. The second kappa shape index (κ2) is 6.69. The molecule has 7 nitrogen and oxygen atoms in total. The largest absolute Gasteiger partial charge is 0.481 e. The molecule has 0 spiro atoms. The Morgan fingerprint density at radius 1 is 1.40 bits per heavy atom. The van der Waals surface area contributed by atoms with Crippen LogP contribution in [0.25, 0.3) is 0 Å². The third-order valence-electron chi connectivity index (χ3n) is 3.28. The fourth-order valence-electron chi connectivity index (χ4n) is 1.91. The van der Waals surface area contributed by atoms with Crippen molar-refractivity contribution in [2.24, 2.45) is 5.41 Å². The van der Waals surface area contributed by atoms with Crippen molar-refractivity contribution in [3.8, 4) is 0 Å². The molecule has 1 rings (SSSR count). The Kier molecular flexibility index (Phi) is 5.50. The number of hydrogen-bond donors (Lipinski definition) is 2. The van der Waals surface area contributed by atoms with Crippen molar-refractivity contribution in [3.05, 3.63) is 0 Å². The zero-order chi connectivity index (χ0) is 15.3. The zero-order valence-electron chi connectivity index (χ0n) is 12.1. The van der Waals surface area contributed by atoms with Gasteiger partial charge in [0.2, 0.25) is 5.91 Å². The smallest absolute Gasteiger partial charge is 0.323 e. The summed E-state index contributed by atoms with van der Waals surface area (Å²) in [5, 5.41) is 11.1. The number of hydrogen-bond acceptors (Lipinski definition) is 4. The summed E-state index contributed by atoms with van der Waals surface area (Å²) in [6.07, 6.45) is 1.64. The van der Waals surface area contributed by atoms with Gasteiger partial charge in [-0.2, -0.15) is 0 Å². The van der Waals surface area contributed by atoms with Crippen molar-refractivity contribution in [2.45, 2.75) is 39.2 Å². The molecule has 1 aliphatic rings. The standard InChI is InChI=1S/C13H22N2O5/c1-13(2,11(17)18)7-10(16)14-12(19)15(3)8-9-5-4-6-20-9/h9H,4-8H2,1-3H3,(H,17,18)(H,14,16,19). The van der Waals surface area contributed by atoms with Gasteiger partial charge in [0.05, 0.1) is 11.5 Å². The van der Waals surface area contributed by atoms with Crippen LogP contribution in [-0.2, 0) is 14.3 Å². The van der Waals surface area contributed by atoms with Gasteiger partial charge in [0.25, 0.3) is 0 Å². The summed E-state index contributed by atoms with van der Waals surface area (Å²) in [6, 6.07) is -0.535. The van der Waals surface area contributed by atoms with Crippen LogP contribution in [0, 0.1) is 5.41 Å². The molecule has 1 aliphatic heterocycles. The van der Waals surface area contributed by atoms with Crippen molar-refractivity contribution in [3.63, 3.8) is 0 Å². The number of carboxylic acids is 1. The number of carboxylic acid groups (broad SMARTS) is 1. The van der Waals surface area contributed by atoms with Gasteiger partial charge in [-0.15, -0.1) is 0 Å². The first kappa shape index (κ1) is 16.4. The SMILES string of the molecule is CN(CC1CCCO1)C(=O)NC(=O)CC(C)(C)C(=O)O. The molecule has 7 heteroatoms. The van der Waals surface area contributed by atoms with Crippen LogP contribution in [0.1, 0.15) is 33.1 Å². The van der Waals surface area contributed by atoms with Crippen LogP contribution in [0.5, 0.6) is 0 Å². The number of carbonyl (C=O) groups is 3.